The number of hydrogen-bond donors (Lipinski definition) is 1. The van der Waals surface area contributed by atoms with Gasteiger partial charge in [0.05, 0.1) is 6.10 Å². The molecule has 15 heavy (non-hydrogen) atoms. The first-order valence-electron chi connectivity index (χ1n) is 5.91. The highest BCUT2D eigenvalue weighted by Gasteiger charge is 2.25. The van der Waals surface area contributed by atoms with Crippen LogP contribution in [0.5, 0.6) is 0 Å². The molecule has 2 nitrogen and oxygen atoms in total. The fourth-order valence-corrected chi connectivity index (χ4v) is 1.99. The lowest BCUT2D eigenvalue weighted by molar-refractivity contribution is 0.0622. The molecule has 2 heteroatoms. The number of nitrogens with zero attached hydrogens (tertiary/aromatic N) is 1. The SMILES string of the molecule is CCc1ccc(CC(O)C2CCC2)nc1. The zero-order chi connectivity index (χ0) is 10.7. The fraction of sp³-hybridized carbons (Fsp3) is 0.615. The quantitative estimate of drug-likeness (QED) is 0.818. The summed E-state index contributed by atoms with van der Waals surface area (Å²) < 4.78 is 0. The number of aromatic nitrogens is 1. The monoisotopic (exact) mass is 205 g/mol. The number of aliphatic hydroxyl groups excluding tert-OH is 1. The molecule has 1 N–H and O–H groups in total. The van der Waals surface area contributed by atoms with Gasteiger partial charge in [-0.3, -0.25) is 4.98 Å². The Hall–Kier alpha value is -0.890. The molecule has 1 heterocycles. The molecule has 0 spiro atoms. The average molecular weight is 205 g/mol. The van der Waals surface area contributed by atoms with E-state index in [1.807, 2.05) is 12.3 Å². The van der Waals surface area contributed by atoms with E-state index < -0.39 is 0 Å². The smallest absolute Gasteiger partial charge is 0.0623 e. The second-order valence-corrected chi connectivity index (χ2v) is 4.47. The van der Waals surface area contributed by atoms with Gasteiger partial charge in [-0.05, 0) is 36.8 Å². The van der Waals surface area contributed by atoms with Crippen LogP contribution in [0.25, 0.3) is 0 Å². The molecule has 1 aromatic heterocycles. The molecule has 0 aromatic carbocycles. The van der Waals surface area contributed by atoms with Crippen molar-refractivity contribution in [2.75, 3.05) is 0 Å². The van der Waals surface area contributed by atoms with Crippen molar-refractivity contribution in [1.29, 1.82) is 0 Å². The van der Waals surface area contributed by atoms with Crippen LogP contribution in [0.2, 0.25) is 0 Å². The maximum atomic E-state index is 9.91. The third-order valence-corrected chi connectivity index (χ3v) is 3.41. The molecule has 1 aliphatic rings. The maximum absolute atomic E-state index is 9.91. The number of pyridine rings is 1. The van der Waals surface area contributed by atoms with Crippen LogP contribution in [0.1, 0.15) is 37.4 Å². The minimum absolute atomic E-state index is 0.182. The molecule has 1 aromatic rings. The third kappa shape index (κ3) is 2.57. The van der Waals surface area contributed by atoms with E-state index in [-0.39, 0.29) is 6.10 Å². The molecule has 1 aliphatic carbocycles. The van der Waals surface area contributed by atoms with Gasteiger partial charge in [-0.2, -0.15) is 0 Å². The van der Waals surface area contributed by atoms with Crippen molar-refractivity contribution < 1.29 is 5.11 Å². The molecule has 0 radical (unpaired) electrons. The van der Waals surface area contributed by atoms with Crippen molar-refractivity contribution in [2.24, 2.45) is 5.92 Å². The predicted octanol–water partition coefficient (Wildman–Crippen LogP) is 2.35. The third-order valence-electron chi connectivity index (χ3n) is 3.41. The van der Waals surface area contributed by atoms with Crippen molar-refractivity contribution in [3.8, 4) is 0 Å². The van der Waals surface area contributed by atoms with Crippen LogP contribution in [0.3, 0.4) is 0 Å². The second-order valence-electron chi connectivity index (χ2n) is 4.47. The summed E-state index contributed by atoms with van der Waals surface area (Å²) >= 11 is 0. The van der Waals surface area contributed by atoms with Crippen molar-refractivity contribution in [3.05, 3.63) is 29.6 Å². The Labute approximate surface area is 91.4 Å². The first-order valence-corrected chi connectivity index (χ1v) is 5.91. The molecule has 82 valence electrons. The first-order chi connectivity index (χ1) is 7.29. The highest BCUT2D eigenvalue weighted by atomic mass is 16.3. The summed E-state index contributed by atoms with van der Waals surface area (Å²) in [5.41, 5.74) is 2.28. The number of rotatable bonds is 4. The van der Waals surface area contributed by atoms with Gasteiger partial charge in [0, 0.05) is 18.3 Å². The fourth-order valence-electron chi connectivity index (χ4n) is 1.99. The molecule has 0 aliphatic heterocycles. The lowest BCUT2D eigenvalue weighted by atomic mass is 9.80. The molecule has 1 atom stereocenters. The van der Waals surface area contributed by atoms with Gasteiger partial charge in [-0.25, -0.2) is 0 Å². The van der Waals surface area contributed by atoms with E-state index in [9.17, 15) is 5.11 Å². The van der Waals surface area contributed by atoms with Crippen LogP contribution in [0.15, 0.2) is 18.3 Å². The molecule has 0 bridgehead atoms. The Morgan fingerprint density at radius 3 is 2.73 bits per heavy atom. The average Bonchev–Trinajstić information content (AvgIpc) is 2.16. The molecular formula is C13H19NO. The minimum atomic E-state index is -0.182. The maximum Gasteiger partial charge on any atom is 0.0623 e. The summed E-state index contributed by atoms with van der Waals surface area (Å²) in [4.78, 5) is 4.37. The molecule has 0 saturated heterocycles. The summed E-state index contributed by atoms with van der Waals surface area (Å²) in [6, 6.07) is 4.15. The zero-order valence-corrected chi connectivity index (χ0v) is 9.32. The number of aliphatic hydroxyl groups is 1. The van der Waals surface area contributed by atoms with Gasteiger partial charge in [0.25, 0.3) is 0 Å². The highest BCUT2D eigenvalue weighted by Crippen LogP contribution is 2.30. The molecule has 1 saturated carbocycles. The summed E-state index contributed by atoms with van der Waals surface area (Å²) in [6.45, 7) is 2.12. The molecule has 1 fully saturated rings. The Balaban J connectivity index is 1.91. The predicted molar refractivity (Wildman–Crippen MR) is 60.7 cm³/mol. The van der Waals surface area contributed by atoms with Crippen molar-refractivity contribution in [3.63, 3.8) is 0 Å². The minimum Gasteiger partial charge on any atom is -0.392 e. The molecular weight excluding hydrogens is 186 g/mol. The summed E-state index contributed by atoms with van der Waals surface area (Å²) in [5, 5.41) is 9.91. The van der Waals surface area contributed by atoms with Crippen LogP contribution in [-0.2, 0) is 12.8 Å². The van der Waals surface area contributed by atoms with Gasteiger partial charge in [-0.15, -0.1) is 0 Å². The summed E-state index contributed by atoms with van der Waals surface area (Å²) in [6.07, 6.45) is 7.14. The summed E-state index contributed by atoms with van der Waals surface area (Å²) in [7, 11) is 0. The second kappa shape index (κ2) is 4.75. The van der Waals surface area contributed by atoms with E-state index >= 15 is 0 Å². The van der Waals surface area contributed by atoms with Crippen molar-refractivity contribution >= 4 is 0 Å². The van der Waals surface area contributed by atoms with Gasteiger partial charge in [0.1, 0.15) is 0 Å². The normalized spacial score (nSPS) is 18.5. The Kier molecular flexibility index (Phi) is 3.37. The van der Waals surface area contributed by atoms with Gasteiger partial charge in [0.15, 0.2) is 0 Å². The van der Waals surface area contributed by atoms with E-state index in [2.05, 4.69) is 18.0 Å². The van der Waals surface area contributed by atoms with E-state index in [0.717, 1.165) is 12.1 Å². The first kappa shape index (κ1) is 10.6. The van der Waals surface area contributed by atoms with Gasteiger partial charge in [-0.1, -0.05) is 19.4 Å². The van der Waals surface area contributed by atoms with Gasteiger partial charge >= 0.3 is 0 Å². The van der Waals surface area contributed by atoms with Crippen LogP contribution < -0.4 is 0 Å². The number of aryl methyl sites for hydroxylation is 1. The van der Waals surface area contributed by atoms with Crippen LogP contribution >= 0.6 is 0 Å². The van der Waals surface area contributed by atoms with Crippen molar-refractivity contribution in [1.82, 2.24) is 4.98 Å². The Bertz CT molecular complexity index is 303. The molecule has 0 amide bonds. The lowest BCUT2D eigenvalue weighted by Crippen LogP contribution is -2.28. The van der Waals surface area contributed by atoms with E-state index in [1.54, 1.807) is 0 Å². The molecule has 2 rings (SSSR count). The van der Waals surface area contributed by atoms with E-state index in [1.165, 1.54) is 24.8 Å². The summed E-state index contributed by atoms with van der Waals surface area (Å²) in [5.74, 6) is 0.526. The topological polar surface area (TPSA) is 33.1 Å². The Morgan fingerprint density at radius 2 is 2.27 bits per heavy atom. The highest BCUT2D eigenvalue weighted by molar-refractivity contribution is 5.14. The van der Waals surface area contributed by atoms with Gasteiger partial charge < -0.3 is 5.11 Å². The van der Waals surface area contributed by atoms with Crippen LogP contribution in [0.4, 0.5) is 0 Å². The standard InChI is InChI=1S/C13H19NO/c1-2-10-6-7-12(14-9-10)8-13(15)11-4-3-5-11/h6-7,9,11,13,15H,2-5,8H2,1H3. The van der Waals surface area contributed by atoms with E-state index in [0.29, 0.717) is 12.3 Å². The Morgan fingerprint density at radius 1 is 1.47 bits per heavy atom. The van der Waals surface area contributed by atoms with Crippen molar-refractivity contribution in [2.45, 2.75) is 45.1 Å². The molecule has 1 unspecified atom stereocenters. The largest absolute Gasteiger partial charge is 0.392 e. The lowest BCUT2D eigenvalue weighted by Gasteiger charge is -2.30. The van der Waals surface area contributed by atoms with Crippen LogP contribution in [0, 0.1) is 5.92 Å². The van der Waals surface area contributed by atoms with Crippen LogP contribution in [-0.4, -0.2) is 16.2 Å². The zero-order valence-electron chi connectivity index (χ0n) is 9.32. The number of hydrogen-bond acceptors (Lipinski definition) is 2. The van der Waals surface area contributed by atoms with Gasteiger partial charge in [0.2, 0.25) is 0 Å². The van der Waals surface area contributed by atoms with E-state index in [4.69, 9.17) is 0 Å².